The third-order valence-electron chi connectivity index (χ3n) is 3.36. The van der Waals surface area contributed by atoms with Crippen LogP contribution in [-0.2, 0) is 21.4 Å². The van der Waals surface area contributed by atoms with Crippen LogP contribution in [0.5, 0.6) is 0 Å². The van der Waals surface area contributed by atoms with Gasteiger partial charge >= 0.3 is 0 Å². The van der Waals surface area contributed by atoms with Crippen LogP contribution in [0.25, 0.3) is 0 Å². The number of hydrogen-bond acceptors (Lipinski definition) is 4. The molecule has 2 N–H and O–H groups in total. The fourth-order valence-electron chi connectivity index (χ4n) is 2.28. The summed E-state index contributed by atoms with van der Waals surface area (Å²) in [6.07, 6.45) is 1.09. The maximum absolute atomic E-state index is 13.6. The van der Waals surface area contributed by atoms with E-state index in [0.717, 1.165) is 6.07 Å². The smallest absolute Gasteiger partial charge is 0.240 e. The Bertz CT molecular complexity index is 623. The monoisotopic (exact) mass is 337 g/mol. The molecular formula is C13H17ClFNO4S. The Morgan fingerprint density at radius 3 is 2.86 bits per heavy atom. The Morgan fingerprint density at radius 2 is 2.24 bits per heavy atom. The number of nitrogens with one attached hydrogen (secondary N) is 1. The second-order valence-corrected chi connectivity index (χ2v) is 7.15. The lowest BCUT2D eigenvalue weighted by molar-refractivity contribution is 0.0173. The van der Waals surface area contributed by atoms with Crippen molar-refractivity contribution in [2.75, 3.05) is 6.61 Å². The third kappa shape index (κ3) is 3.92. The molecule has 118 valence electrons. The van der Waals surface area contributed by atoms with Crippen LogP contribution >= 0.6 is 11.6 Å². The Hall–Kier alpha value is -0.730. The van der Waals surface area contributed by atoms with E-state index in [1.807, 2.05) is 6.92 Å². The summed E-state index contributed by atoms with van der Waals surface area (Å²) in [4.78, 5) is -0.243. The first kappa shape index (κ1) is 16.6. The zero-order chi connectivity index (χ0) is 15.6. The topological polar surface area (TPSA) is 75.6 Å². The van der Waals surface area contributed by atoms with E-state index in [4.69, 9.17) is 21.4 Å². The van der Waals surface area contributed by atoms with Gasteiger partial charge in [-0.2, -0.15) is 0 Å². The van der Waals surface area contributed by atoms with Crippen LogP contribution in [0.4, 0.5) is 4.39 Å². The summed E-state index contributed by atoms with van der Waals surface area (Å²) >= 11 is 5.66. The molecule has 1 heterocycles. The van der Waals surface area contributed by atoms with Crippen molar-refractivity contribution in [1.82, 2.24) is 4.72 Å². The Balaban J connectivity index is 2.25. The number of rotatable bonds is 4. The highest BCUT2D eigenvalue weighted by Gasteiger charge is 2.26. The van der Waals surface area contributed by atoms with Gasteiger partial charge < -0.3 is 9.84 Å². The minimum absolute atomic E-state index is 0.0265. The van der Waals surface area contributed by atoms with Crippen molar-refractivity contribution in [1.29, 1.82) is 0 Å². The molecule has 1 aliphatic heterocycles. The molecule has 2 unspecified atom stereocenters. The molecule has 0 spiro atoms. The minimum atomic E-state index is -3.87. The third-order valence-corrected chi connectivity index (χ3v) is 5.29. The van der Waals surface area contributed by atoms with Gasteiger partial charge in [0, 0.05) is 18.2 Å². The summed E-state index contributed by atoms with van der Waals surface area (Å²) in [5, 5.41) is 8.84. The van der Waals surface area contributed by atoms with Gasteiger partial charge in [-0.3, -0.25) is 0 Å². The van der Waals surface area contributed by atoms with Crippen LogP contribution in [-0.4, -0.2) is 32.3 Å². The van der Waals surface area contributed by atoms with Gasteiger partial charge in [0.1, 0.15) is 5.82 Å². The zero-order valence-corrected chi connectivity index (χ0v) is 13.0. The van der Waals surface area contributed by atoms with Crippen molar-refractivity contribution >= 4 is 21.6 Å². The average molecular weight is 338 g/mol. The maximum atomic E-state index is 13.6. The van der Waals surface area contributed by atoms with Crippen molar-refractivity contribution in [3.63, 3.8) is 0 Å². The molecule has 0 radical (unpaired) electrons. The molecule has 1 saturated heterocycles. The summed E-state index contributed by atoms with van der Waals surface area (Å²) in [6.45, 7) is 1.81. The molecule has 1 aromatic rings. The van der Waals surface area contributed by atoms with Crippen LogP contribution in [0.15, 0.2) is 17.0 Å². The van der Waals surface area contributed by atoms with Crippen molar-refractivity contribution in [2.45, 2.75) is 43.4 Å². The fourth-order valence-corrected chi connectivity index (χ4v) is 3.80. The highest BCUT2D eigenvalue weighted by molar-refractivity contribution is 7.89. The molecule has 0 aromatic heterocycles. The predicted octanol–water partition coefficient (Wildman–Crippen LogP) is 1.82. The summed E-state index contributed by atoms with van der Waals surface area (Å²) in [7, 11) is -3.87. The molecular weight excluding hydrogens is 321 g/mol. The summed E-state index contributed by atoms with van der Waals surface area (Å²) in [6, 6.07) is 1.78. The Labute approximate surface area is 128 Å². The van der Waals surface area contributed by atoms with E-state index >= 15 is 0 Å². The normalized spacial score (nSPS) is 23.2. The highest BCUT2D eigenvalue weighted by atomic mass is 35.5. The number of benzene rings is 1. The predicted molar refractivity (Wildman–Crippen MR) is 76.1 cm³/mol. The molecule has 1 fully saturated rings. The first-order chi connectivity index (χ1) is 9.83. The van der Waals surface area contributed by atoms with E-state index in [1.165, 1.54) is 6.07 Å². The van der Waals surface area contributed by atoms with E-state index in [-0.39, 0.29) is 27.6 Å². The van der Waals surface area contributed by atoms with E-state index in [1.54, 1.807) is 0 Å². The molecule has 0 amide bonds. The van der Waals surface area contributed by atoms with Crippen molar-refractivity contribution in [3.8, 4) is 0 Å². The van der Waals surface area contributed by atoms with Crippen molar-refractivity contribution in [2.24, 2.45) is 0 Å². The van der Waals surface area contributed by atoms with E-state index in [2.05, 4.69) is 4.72 Å². The molecule has 2 atom stereocenters. The average Bonchev–Trinajstić information content (AvgIpc) is 2.41. The van der Waals surface area contributed by atoms with Gasteiger partial charge in [0.2, 0.25) is 10.0 Å². The molecule has 0 bridgehead atoms. The fraction of sp³-hybridized carbons (Fsp3) is 0.538. The standard InChI is InChI=1S/C13H17ClFNO4S/c1-8-4-10(2-3-20-8)16-21(18,19)11-5-9(7-17)13(14)12(15)6-11/h5-6,8,10,16-17H,2-4,7H2,1H3. The Morgan fingerprint density at radius 1 is 1.52 bits per heavy atom. The number of ether oxygens (including phenoxy) is 1. The van der Waals surface area contributed by atoms with E-state index in [0.29, 0.717) is 19.4 Å². The Kier molecular flexibility index (Phi) is 5.21. The van der Waals surface area contributed by atoms with Crippen LogP contribution in [0, 0.1) is 5.82 Å². The van der Waals surface area contributed by atoms with Crippen LogP contribution in [0.2, 0.25) is 5.02 Å². The van der Waals surface area contributed by atoms with Crippen molar-refractivity contribution < 1.29 is 22.7 Å². The molecule has 21 heavy (non-hydrogen) atoms. The van der Waals surface area contributed by atoms with Gasteiger partial charge in [0.05, 0.1) is 22.6 Å². The van der Waals surface area contributed by atoms with Crippen LogP contribution in [0.1, 0.15) is 25.3 Å². The van der Waals surface area contributed by atoms with Gasteiger partial charge in [-0.15, -0.1) is 0 Å². The van der Waals surface area contributed by atoms with E-state index < -0.39 is 22.4 Å². The second-order valence-electron chi connectivity index (χ2n) is 5.06. The number of halogens is 2. The van der Waals surface area contributed by atoms with Gasteiger partial charge in [-0.1, -0.05) is 11.6 Å². The first-order valence-corrected chi connectivity index (χ1v) is 8.42. The molecule has 0 aliphatic carbocycles. The van der Waals surface area contributed by atoms with Gasteiger partial charge in [-0.05, 0) is 31.9 Å². The summed E-state index contributed by atoms with van der Waals surface area (Å²) in [5.41, 5.74) is 0.0392. The summed E-state index contributed by atoms with van der Waals surface area (Å²) < 4.78 is 46.1. The number of sulfonamides is 1. The second kappa shape index (κ2) is 6.58. The highest BCUT2D eigenvalue weighted by Crippen LogP contribution is 2.25. The number of aliphatic hydroxyl groups is 1. The van der Waals surface area contributed by atoms with Gasteiger partial charge in [-0.25, -0.2) is 17.5 Å². The first-order valence-electron chi connectivity index (χ1n) is 6.56. The molecule has 0 saturated carbocycles. The molecule has 1 aliphatic rings. The molecule has 2 rings (SSSR count). The van der Waals surface area contributed by atoms with E-state index in [9.17, 15) is 12.8 Å². The molecule has 8 heteroatoms. The van der Waals surface area contributed by atoms with Crippen LogP contribution < -0.4 is 4.72 Å². The lowest BCUT2D eigenvalue weighted by Gasteiger charge is -2.27. The van der Waals surface area contributed by atoms with Crippen molar-refractivity contribution in [3.05, 3.63) is 28.5 Å². The molecule has 1 aromatic carbocycles. The lowest BCUT2D eigenvalue weighted by Crippen LogP contribution is -2.41. The minimum Gasteiger partial charge on any atom is -0.392 e. The largest absolute Gasteiger partial charge is 0.392 e. The SMILES string of the molecule is CC1CC(NS(=O)(=O)c2cc(F)c(Cl)c(CO)c2)CCO1. The number of aliphatic hydroxyl groups excluding tert-OH is 1. The lowest BCUT2D eigenvalue weighted by atomic mass is 10.1. The zero-order valence-electron chi connectivity index (χ0n) is 11.5. The van der Waals surface area contributed by atoms with Gasteiger partial charge in [0.25, 0.3) is 0 Å². The number of hydrogen-bond donors (Lipinski definition) is 2. The van der Waals surface area contributed by atoms with Crippen LogP contribution in [0.3, 0.4) is 0 Å². The summed E-state index contributed by atoms with van der Waals surface area (Å²) in [5.74, 6) is -0.871. The maximum Gasteiger partial charge on any atom is 0.240 e. The quantitative estimate of drug-likeness (QED) is 0.878. The molecule has 5 nitrogen and oxygen atoms in total. The van der Waals surface area contributed by atoms with Gasteiger partial charge in [0.15, 0.2) is 0 Å².